The van der Waals surface area contributed by atoms with Gasteiger partial charge in [0.1, 0.15) is 18.0 Å². The molecule has 0 spiro atoms. The first kappa shape index (κ1) is 19.5. The highest BCUT2D eigenvalue weighted by Gasteiger charge is 2.19. The molecule has 9 heteroatoms. The van der Waals surface area contributed by atoms with E-state index < -0.39 is 0 Å². The highest BCUT2D eigenvalue weighted by atomic mass is 32.1. The molecule has 3 aromatic rings. The minimum atomic E-state index is -0.367. The number of benzene rings is 1. The summed E-state index contributed by atoms with van der Waals surface area (Å²) < 4.78 is 12.6. The molecular formula is C20H22N4O4S. The van der Waals surface area contributed by atoms with Crippen molar-refractivity contribution < 1.29 is 14.3 Å². The highest BCUT2D eigenvalue weighted by Crippen LogP contribution is 2.30. The molecule has 2 aromatic heterocycles. The number of thiazole rings is 1. The van der Waals surface area contributed by atoms with Crippen LogP contribution >= 0.6 is 11.3 Å². The lowest BCUT2D eigenvalue weighted by molar-refractivity contribution is -0.122. The van der Waals surface area contributed by atoms with E-state index in [1.165, 1.54) is 16.0 Å². The number of amides is 1. The average molecular weight is 414 g/mol. The van der Waals surface area contributed by atoms with E-state index in [-0.39, 0.29) is 24.1 Å². The van der Waals surface area contributed by atoms with Crippen LogP contribution in [0.5, 0.6) is 5.75 Å². The lowest BCUT2D eigenvalue weighted by Crippen LogP contribution is -2.37. The van der Waals surface area contributed by atoms with Gasteiger partial charge in [0.15, 0.2) is 5.52 Å². The Hall–Kier alpha value is -2.78. The van der Waals surface area contributed by atoms with E-state index in [9.17, 15) is 9.59 Å². The van der Waals surface area contributed by atoms with E-state index in [4.69, 9.17) is 9.47 Å². The van der Waals surface area contributed by atoms with Crippen LogP contribution in [0, 0.1) is 6.92 Å². The largest absolute Gasteiger partial charge is 0.497 e. The third-order valence-corrected chi connectivity index (χ3v) is 5.79. The van der Waals surface area contributed by atoms with E-state index in [2.05, 4.69) is 15.4 Å². The number of methoxy groups -OCH3 is 1. The van der Waals surface area contributed by atoms with Crippen molar-refractivity contribution in [2.75, 3.05) is 20.3 Å². The van der Waals surface area contributed by atoms with Crippen LogP contribution in [0.25, 0.3) is 21.5 Å². The monoisotopic (exact) mass is 414 g/mol. The van der Waals surface area contributed by atoms with Crippen molar-refractivity contribution in [1.82, 2.24) is 20.1 Å². The Morgan fingerprint density at radius 1 is 1.38 bits per heavy atom. The Bertz CT molecular complexity index is 1080. The molecule has 1 N–H and O–H groups in total. The smallest absolute Gasteiger partial charge is 0.294 e. The van der Waals surface area contributed by atoms with Gasteiger partial charge >= 0.3 is 0 Å². The van der Waals surface area contributed by atoms with Crippen molar-refractivity contribution in [2.24, 2.45) is 0 Å². The number of rotatable bonds is 6. The van der Waals surface area contributed by atoms with Gasteiger partial charge in [-0.15, -0.1) is 11.3 Å². The van der Waals surface area contributed by atoms with Crippen molar-refractivity contribution in [3.63, 3.8) is 0 Å². The number of nitrogens with zero attached hydrogens (tertiary/aromatic N) is 3. The molecule has 0 bridgehead atoms. The molecule has 1 aliphatic rings. The van der Waals surface area contributed by atoms with Crippen molar-refractivity contribution in [3.05, 3.63) is 39.6 Å². The molecule has 4 rings (SSSR count). The summed E-state index contributed by atoms with van der Waals surface area (Å²) in [5, 5.41) is 8.10. The third kappa shape index (κ3) is 4.15. The fraction of sp³-hybridized carbons (Fsp3) is 0.400. The highest BCUT2D eigenvalue weighted by molar-refractivity contribution is 7.19. The van der Waals surface area contributed by atoms with Crippen LogP contribution in [-0.4, -0.2) is 47.0 Å². The Kier molecular flexibility index (Phi) is 5.59. The number of carbonyl (C=O) groups excluding carboxylic acids is 1. The number of aryl methyl sites for hydroxylation is 1. The second-order valence-electron chi connectivity index (χ2n) is 6.89. The molecule has 152 valence electrons. The first-order valence-electron chi connectivity index (χ1n) is 9.46. The average Bonchev–Trinajstić information content (AvgIpc) is 3.38. The maximum Gasteiger partial charge on any atom is 0.294 e. The van der Waals surface area contributed by atoms with E-state index >= 15 is 0 Å². The molecule has 8 nitrogen and oxygen atoms in total. The summed E-state index contributed by atoms with van der Waals surface area (Å²) in [7, 11) is 1.60. The van der Waals surface area contributed by atoms with E-state index in [0.29, 0.717) is 22.5 Å². The first-order valence-corrected chi connectivity index (χ1v) is 10.3. The summed E-state index contributed by atoms with van der Waals surface area (Å²) in [4.78, 5) is 29.6. The normalized spacial score (nSPS) is 16.3. The van der Waals surface area contributed by atoms with Gasteiger partial charge in [0.2, 0.25) is 5.91 Å². The quantitative estimate of drug-likeness (QED) is 0.664. The zero-order chi connectivity index (χ0) is 20.4. The van der Waals surface area contributed by atoms with Crippen molar-refractivity contribution in [3.8, 4) is 17.0 Å². The molecule has 1 fully saturated rings. The first-order chi connectivity index (χ1) is 14.0. The molecule has 1 aromatic carbocycles. The number of fused-ring (bicyclic) bond motifs is 1. The van der Waals surface area contributed by atoms with Crippen LogP contribution in [0.15, 0.2) is 29.1 Å². The maximum atomic E-state index is 12.8. The van der Waals surface area contributed by atoms with Gasteiger partial charge in [0, 0.05) is 18.7 Å². The zero-order valence-corrected chi connectivity index (χ0v) is 17.1. The van der Waals surface area contributed by atoms with Gasteiger partial charge in [-0.25, -0.2) is 9.67 Å². The zero-order valence-electron chi connectivity index (χ0n) is 16.3. The molecule has 0 radical (unpaired) electrons. The van der Waals surface area contributed by atoms with E-state index in [0.717, 1.165) is 35.8 Å². The second kappa shape index (κ2) is 8.30. The summed E-state index contributed by atoms with van der Waals surface area (Å²) in [5.74, 6) is 0.453. The SMILES string of the molecule is COc1ccc(-c2nn(CC(=O)NC[C@@H]3CCCO3)c(=O)c3nc(C)sc23)cc1. The van der Waals surface area contributed by atoms with Gasteiger partial charge in [-0.2, -0.15) is 5.10 Å². The lowest BCUT2D eigenvalue weighted by Gasteiger charge is -2.12. The molecule has 3 heterocycles. The topological polar surface area (TPSA) is 95.3 Å². The van der Waals surface area contributed by atoms with Crippen molar-refractivity contribution in [1.29, 1.82) is 0 Å². The predicted molar refractivity (Wildman–Crippen MR) is 110 cm³/mol. The molecule has 0 saturated carbocycles. The van der Waals surface area contributed by atoms with Gasteiger partial charge < -0.3 is 14.8 Å². The van der Waals surface area contributed by atoms with Gasteiger partial charge in [0.25, 0.3) is 5.56 Å². The summed E-state index contributed by atoms with van der Waals surface area (Å²) in [6, 6.07) is 7.42. The van der Waals surface area contributed by atoms with Crippen LogP contribution in [-0.2, 0) is 16.1 Å². The molecule has 1 aliphatic heterocycles. The summed E-state index contributed by atoms with van der Waals surface area (Å²) >= 11 is 1.42. The van der Waals surface area contributed by atoms with Gasteiger partial charge in [-0.05, 0) is 44.0 Å². The van der Waals surface area contributed by atoms with Gasteiger partial charge in [-0.1, -0.05) is 0 Å². The molecule has 1 amide bonds. The summed E-state index contributed by atoms with van der Waals surface area (Å²) in [6.07, 6.45) is 1.98. The van der Waals surface area contributed by atoms with Crippen LogP contribution in [0.2, 0.25) is 0 Å². The molecule has 0 unspecified atom stereocenters. The maximum absolute atomic E-state index is 12.8. The van der Waals surface area contributed by atoms with Gasteiger partial charge in [0.05, 0.1) is 22.9 Å². The minimum Gasteiger partial charge on any atom is -0.497 e. The molecule has 29 heavy (non-hydrogen) atoms. The Morgan fingerprint density at radius 2 is 2.17 bits per heavy atom. The number of aromatic nitrogens is 3. The number of hydrogen-bond donors (Lipinski definition) is 1. The standard InChI is InChI=1S/C20H22N4O4S/c1-12-22-18-19(29-12)17(13-5-7-14(27-2)8-6-13)23-24(20(18)26)11-16(25)21-10-15-4-3-9-28-15/h5-8,15H,3-4,9-11H2,1-2H3,(H,21,25)/t15-/m0/s1. The second-order valence-corrected chi connectivity index (χ2v) is 8.09. The Balaban J connectivity index is 1.65. The van der Waals surface area contributed by atoms with Crippen LogP contribution < -0.4 is 15.6 Å². The molecular weight excluding hydrogens is 392 g/mol. The summed E-state index contributed by atoms with van der Waals surface area (Å²) in [5.41, 5.74) is 1.42. The minimum absolute atomic E-state index is 0.0437. The molecule has 1 atom stereocenters. The van der Waals surface area contributed by atoms with E-state index in [1.807, 2.05) is 31.2 Å². The van der Waals surface area contributed by atoms with Crippen LogP contribution in [0.4, 0.5) is 0 Å². The summed E-state index contributed by atoms with van der Waals surface area (Å²) in [6.45, 7) is 2.85. The predicted octanol–water partition coefficient (Wildman–Crippen LogP) is 2.13. The van der Waals surface area contributed by atoms with Crippen LogP contribution in [0.3, 0.4) is 0 Å². The van der Waals surface area contributed by atoms with Crippen molar-refractivity contribution in [2.45, 2.75) is 32.4 Å². The third-order valence-electron chi connectivity index (χ3n) is 4.81. The number of hydrogen-bond acceptors (Lipinski definition) is 7. The van der Waals surface area contributed by atoms with Gasteiger partial charge in [-0.3, -0.25) is 9.59 Å². The molecule has 0 aliphatic carbocycles. The number of nitrogens with one attached hydrogen (secondary N) is 1. The van der Waals surface area contributed by atoms with Crippen molar-refractivity contribution >= 4 is 27.5 Å². The fourth-order valence-corrected chi connectivity index (χ4v) is 4.25. The lowest BCUT2D eigenvalue weighted by atomic mass is 10.1. The number of ether oxygens (including phenoxy) is 2. The fourth-order valence-electron chi connectivity index (χ4n) is 3.34. The van der Waals surface area contributed by atoms with E-state index in [1.54, 1.807) is 7.11 Å². The Morgan fingerprint density at radius 3 is 2.86 bits per heavy atom. The Labute approximate surface area is 171 Å². The van der Waals surface area contributed by atoms with Crippen LogP contribution in [0.1, 0.15) is 17.8 Å². The number of carbonyl (C=O) groups is 1. The molecule has 1 saturated heterocycles.